The van der Waals surface area contributed by atoms with Crippen LogP contribution in [0.1, 0.15) is 39.9 Å². The summed E-state index contributed by atoms with van der Waals surface area (Å²) in [5.74, 6) is -0.404. The number of hydrogen-bond acceptors (Lipinski definition) is 2. The van der Waals surface area contributed by atoms with Gasteiger partial charge in [-0.3, -0.25) is 0 Å². The number of nitrogens with one attached hydrogen (secondary N) is 1. The van der Waals surface area contributed by atoms with Crippen LogP contribution in [0.25, 0.3) is 0 Å². The van der Waals surface area contributed by atoms with Gasteiger partial charge in [0.25, 0.3) is 0 Å². The van der Waals surface area contributed by atoms with Crippen LogP contribution in [0.3, 0.4) is 0 Å². The molecule has 2 N–H and O–H groups in total. The highest BCUT2D eigenvalue weighted by Crippen LogP contribution is 2.51. The number of fused-ring (bicyclic) bond motifs is 3. The number of rotatable bonds is 2. The van der Waals surface area contributed by atoms with Gasteiger partial charge in [0, 0.05) is 10.4 Å². The maximum Gasteiger partial charge on any atom is 0.335 e. The first-order valence-corrected chi connectivity index (χ1v) is 8.97. The van der Waals surface area contributed by atoms with Gasteiger partial charge in [-0.25, -0.2) is 4.79 Å². The lowest BCUT2D eigenvalue weighted by molar-refractivity contribution is 0.0696. The molecule has 0 fully saturated rings. The first-order valence-electron chi connectivity index (χ1n) is 7.80. The first-order chi connectivity index (χ1) is 11.5. The van der Waals surface area contributed by atoms with Gasteiger partial charge in [-0.05, 0) is 47.7 Å². The van der Waals surface area contributed by atoms with E-state index in [1.165, 1.54) is 11.6 Å². The topological polar surface area (TPSA) is 49.3 Å². The Labute approximate surface area is 153 Å². The second-order valence-corrected chi connectivity index (χ2v) is 7.58. The van der Waals surface area contributed by atoms with Gasteiger partial charge < -0.3 is 10.4 Å². The minimum absolute atomic E-state index is 0.152. The number of carbonyl (C=O) groups is 1. The molecule has 3 atom stereocenters. The van der Waals surface area contributed by atoms with Crippen molar-refractivity contribution in [3.63, 3.8) is 0 Å². The lowest BCUT2D eigenvalue weighted by Crippen LogP contribution is -2.29. The van der Waals surface area contributed by atoms with Crippen molar-refractivity contribution in [1.82, 2.24) is 0 Å². The standard InChI is InChI=1S/C19H15BrClNO2/c20-12-6-4-10(5-7-12)17-14-3-1-2-13(14)15-8-11(19(23)24)9-16(21)18(15)22-17/h1-2,4-9,13-14,17,22H,3H2,(H,23,24)/t13-,14-,17+/m0/s1. The molecule has 0 bridgehead atoms. The minimum Gasteiger partial charge on any atom is -0.478 e. The summed E-state index contributed by atoms with van der Waals surface area (Å²) in [5.41, 5.74) is 3.28. The Balaban J connectivity index is 1.82. The average Bonchev–Trinajstić information content (AvgIpc) is 3.05. The van der Waals surface area contributed by atoms with Gasteiger partial charge in [-0.15, -0.1) is 0 Å². The fourth-order valence-corrected chi connectivity index (χ4v) is 4.32. The summed E-state index contributed by atoms with van der Waals surface area (Å²) in [6.07, 6.45) is 5.32. The summed E-state index contributed by atoms with van der Waals surface area (Å²) < 4.78 is 1.05. The molecular weight excluding hydrogens is 390 g/mol. The maximum atomic E-state index is 11.3. The molecule has 1 heterocycles. The summed E-state index contributed by atoms with van der Waals surface area (Å²) in [6, 6.07) is 11.7. The second-order valence-electron chi connectivity index (χ2n) is 6.25. The van der Waals surface area contributed by atoms with Gasteiger partial charge in [0.2, 0.25) is 0 Å². The zero-order chi connectivity index (χ0) is 16.8. The van der Waals surface area contributed by atoms with Crippen LogP contribution in [0.15, 0.2) is 53.0 Å². The van der Waals surface area contributed by atoms with Crippen LogP contribution < -0.4 is 5.32 Å². The molecule has 0 amide bonds. The molecule has 4 rings (SSSR count). The number of benzene rings is 2. The summed E-state index contributed by atoms with van der Waals surface area (Å²) in [7, 11) is 0. The largest absolute Gasteiger partial charge is 0.478 e. The highest BCUT2D eigenvalue weighted by atomic mass is 79.9. The van der Waals surface area contributed by atoms with Crippen molar-refractivity contribution >= 4 is 39.2 Å². The van der Waals surface area contributed by atoms with Crippen molar-refractivity contribution in [1.29, 1.82) is 0 Å². The molecule has 2 aromatic carbocycles. The van der Waals surface area contributed by atoms with E-state index in [2.05, 4.69) is 45.5 Å². The highest BCUT2D eigenvalue weighted by molar-refractivity contribution is 9.10. The Hall–Kier alpha value is -1.78. The molecule has 0 saturated carbocycles. The Morgan fingerprint density at radius 1 is 1.25 bits per heavy atom. The predicted molar refractivity (Wildman–Crippen MR) is 98.9 cm³/mol. The minimum atomic E-state index is -0.951. The molecule has 1 aliphatic carbocycles. The van der Waals surface area contributed by atoms with E-state index >= 15 is 0 Å². The van der Waals surface area contributed by atoms with Gasteiger partial charge >= 0.3 is 5.97 Å². The van der Waals surface area contributed by atoms with E-state index in [4.69, 9.17) is 11.6 Å². The number of carboxylic acids is 1. The number of anilines is 1. The van der Waals surface area contributed by atoms with Gasteiger partial charge in [-0.2, -0.15) is 0 Å². The van der Waals surface area contributed by atoms with Gasteiger partial charge in [0.05, 0.1) is 22.3 Å². The summed E-state index contributed by atoms with van der Waals surface area (Å²) in [5, 5.41) is 13.3. The molecule has 122 valence electrons. The number of allylic oxidation sites excluding steroid dienone is 2. The first kappa shape index (κ1) is 15.7. The van der Waals surface area contributed by atoms with Crippen LogP contribution in [0.5, 0.6) is 0 Å². The van der Waals surface area contributed by atoms with Gasteiger partial charge in [-0.1, -0.05) is 51.8 Å². The fraction of sp³-hybridized carbons (Fsp3) is 0.211. The van der Waals surface area contributed by atoms with Crippen LogP contribution in [-0.4, -0.2) is 11.1 Å². The third kappa shape index (κ3) is 2.54. The lowest BCUT2D eigenvalue weighted by Gasteiger charge is -2.38. The number of aromatic carboxylic acids is 1. The van der Waals surface area contributed by atoms with Crippen molar-refractivity contribution in [3.8, 4) is 0 Å². The molecule has 1 aliphatic heterocycles. The third-order valence-electron chi connectivity index (χ3n) is 4.90. The molecule has 0 aromatic heterocycles. The molecular formula is C19H15BrClNO2. The van der Waals surface area contributed by atoms with Crippen molar-refractivity contribution in [3.05, 3.63) is 74.7 Å². The highest BCUT2D eigenvalue weighted by Gasteiger charge is 2.39. The van der Waals surface area contributed by atoms with E-state index in [0.29, 0.717) is 10.9 Å². The number of halogens is 2. The van der Waals surface area contributed by atoms with E-state index in [1.54, 1.807) is 6.07 Å². The predicted octanol–water partition coefficient (Wildman–Crippen LogP) is 5.63. The number of carboxylic acid groups (broad SMARTS) is 1. The van der Waals surface area contributed by atoms with Crippen LogP contribution in [0.2, 0.25) is 5.02 Å². The summed E-state index contributed by atoms with van der Waals surface area (Å²) in [6.45, 7) is 0. The van der Waals surface area contributed by atoms with Crippen molar-refractivity contribution < 1.29 is 9.90 Å². The molecule has 0 saturated heterocycles. The van der Waals surface area contributed by atoms with Crippen LogP contribution in [-0.2, 0) is 0 Å². The monoisotopic (exact) mass is 403 g/mol. The SMILES string of the molecule is O=C(O)c1cc(Cl)c2c(c1)[C@H]1C=CC[C@@H]1[C@@H](c1ccc(Br)cc1)N2. The molecule has 0 spiro atoms. The Bertz CT molecular complexity index is 847. The van der Waals surface area contributed by atoms with Crippen molar-refractivity contribution in [2.45, 2.75) is 18.4 Å². The lowest BCUT2D eigenvalue weighted by atomic mass is 9.76. The van der Waals surface area contributed by atoms with Crippen LogP contribution in [0, 0.1) is 5.92 Å². The second kappa shape index (κ2) is 5.94. The zero-order valence-corrected chi connectivity index (χ0v) is 15.0. The third-order valence-corrected chi connectivity index (χ3v) is 5.72. The molecule has 2 aliphatic rings. The molecule has 24 heavy (non-hydrogen) atoms. The smallest absolute Gasteiger partial charge is 0.335 e. The van der Waals surface area contributed by atoms with E-state index in [9.17, 15) is 9.90 Å². The van der Waals surface area contributed by atoms with Gasteiger partial charge in [0.1, 0.15) is 0 Å². The van der Waals surface area contributed by atoms with E-state index in [1.807, 2.05) is 12.1 Å². The van der Waals surface area contributed by atoms with Crippen molar-refractivity contribution in [2.75, 3.05) is 5.32 Å². The van der Waals surface area contributed by atoms with Crippen LogP contribution >= 0.6 is 27.5 Å². The Morgan fingerprint density at radius 2 is 2.00 bits per heavy atom. The quantitative estimate of drug-likeness (QED) is 0.638. The number of hydrogen-bond donors (Lipinski definition) is 2. The molecule has 0 unspecified atom stereocenters. The molecule has 5 heteroatoms. The van der Waals surface area contributed by atoms with E-state index in [-0.39, 0.29) is 17.5 Å². The van der Waals surface area contributed by atoms with Crippen LogP contribution in [0.4, 0.5) is 5.69 Å². The molecule has 3 nitrogen and oxygen atoms in total. The Kier molecular flexibility index (Phi) is 3.89. The van der Waals surface area contributed by atoms with E-state index in [0.717, 1.165) is 22.1 Å². The van der Waals surface area contributed by atoms with Crippen molar-refractivity contribution in [2.24, 2.45) is 5.92 Å². The summed E-state index contributed by atoms with van der Waals surface area (Å²) in [4.78, 5) is 11.3. The zero-order valence-electron chi connectivity index (χ0n) is 12.7. The summed E-state index contributed by atoms with van der Waals surface area (Å²) >= 11 is 9.88. The van der Waals surface area contributed by atoms with E-state index < -0.39 is 5.97 Å². The maximum absolute atomic E-state index is 11.3. The fourth-order valence-electron chi connectivity index (χ4n) is 3.78. The molecule has 0 radical (unpaired) electrons. The average molecular weight is 405 g/mol. The molecule has 2 aromatic rings. The van der Waals surface area contributed by atoms with Gasteiger partial charge in [0.15, 0.2) is 0 Å². The Morgan fingerprint density at radius 3 is 2.71 bits per heavy atom. The normalized spacial score (nSPS) is 24.2.